The van der Waals surface area contributed by atoms with Crippen LogP contribution in [0, 0.1) is 0 Å². The molecule has 0 spiro atoms. The number of alkyl halides is 1. The van der Waals surface area contributed by atoms with Crippen molar-refractivity contribution in [1.29, 1.82) is 0 Å². The molecule has 2 rings (SSSR count). The van der Waals surface area contributed by atoms with Gasteiger partial charge in [0.1, 0.15) is 0 Å². The fourth-order valence-electron chi connectivity index (χ4n) is 2.19. The van der Waals surface area contributed by atoms with Crippen LogP contribution in [-0.2, 0) is 15.1 Å². The minimum Gasteiger partial charge on any atom is -0.274 e. The fourth-order valence-corrected chi connectivity index (χ4v) is 2.46. The van der Waals surface area contributed by atoms with Crippen molar-refractivity contribution < 1.29 is 9.59 Å². The predicted octanol–water partition coefficient (Wildman–Crippen LogP) is 2.29. The third-order valence-electron chi connectivity index (χ3n) is 3.20. The van der Waals surface area contributed by atoms with Gasteiger partial charge in [0, 0.05) is 12.8 Å². The zero-order valence-electron chi connectivity index (χ0n) is 9.65. The molecule has 0 bridgehead atoms. The van der Waals surface area contributed by atoms with Gasteiger partial charge in [0.25, 0.3) is 0 Å². The van der Waals surface area contributed by atoms with E-state index in [1.54, 1.807) is 0 Å². The van der Waals surface area contributed by atoms with Crippen LogP contribution in [0.1, 0.15) is 25.3 Å². The molecule has 1 atom stereocenters. The number of likely N-dealkylation sites (tertiary alicyclic amines) is 1. The molecular weight excluding hydrogens is 238 g/mol. The summed E-state index contributed by atoms with van der Waals surface area (Å²) in [7, 11) is 0. The highest BCUT2D eigenvalue weighted by Gasteiger charge is 2.43. The lowest BCUT2D eigenvalue weighted by Gasteiger charge is -2.36. The Balaban J connectivity index is 2.44. The van der Waals surface area contributed by atoms with Gasteiger partial charge in [-0.3, -0.25) is 14.5 Å². The predicted molar refractivity (Wildman–Crippen MR) is 65.6 cm³/mol. The highest BCUT2D eigenvalue weighted by Crippen LogP contribution is 2.33. The smallest absolute Gasteiger partial charge is 0.230 e. The van der Waals surface area contributed by atoms with E-state index in [1.807, 2.05) is 37.3 Å². The molecule has 17 heavy (non-hydrogen) atoms. The Hall–Kier alpha value is -1.35. The SMILES string of the molecule is CC(CCl)(c1ccccc1)N1C(=O)CCC1=O. The number of hydrogen-bond donors (Lipinski definition) is 0. The van der Waals surface area contributed by atoms with Crippen LogP contribution in [0.4, 0.5) is 0 Å². The van der Waals surface area contributed by atoms with E-state index in [-0.39, 0.29) is 30.5 Å². The first-order valence-electron chi connectivity index (χ1n) is 5.57. The maximum absolute atomic E-state index is 11.8. The molecule has 0 radical (unpaired) electrons. The molecule has 90 valence electrons. The van der Waals surface area contributed by atoms with Crippen LogP contribution in [0.2, 0.25) is 0 Å². The van der Waals surface area contributed by atoms with Gasteiger partial charge in [-0.05, 0) is 12.5 Å². The summed E-state index contributed by atoms with van der Waals surface area (Å²) in [5.74, 6) is -0.0712. The second-order valence-electron chi connectivity index (χ2n) is 4.40. The van der Waals surface area contributed by atoms with Crippen LogP contribution < -0.4 is 0 Å². The normalized spacial score (nSPS) is 19.5. The minimum absolute atomic E-state index is 0.137. The maximum Gasteiger partial charge on any atom is 0.230 e. The van der Waals surface area contributed by atoms with Gasteiger partial charge in [-0.25, -0.2) is 0 Å². The summed E-state index contributed by atoms with van der Waals surface area (Å²) in [5.41, 5.74) is 0.145. The molecule has 1 unspecified atom stereocenters. The fraction of sp³-hybridized carbons (Fsp3) is 0.385. The first kappa shape index (κ1) is 12.1. The van der Waals surface area contributed by atoms with Crippen LogP contribution in [0.25, 0.3) is 0 Å². The molecule has 1 aliphatic rings. The van der Waals surface area contributed by atoms with E-state index in [4.69, 9.17) is 11.6 Å². The van der Waals surface area contributed by atoms with Crippen LogP contribution in [-0.4, -0.2) is 22.6 Å². The summed E-state index contributed by atoms with van der Waals surface area (Å²) in [6.07, 6.45) is 0.580. The average molecular weight is 252 g/mol. The van der Waals surface area contributed by atoms with Gasteiger partial charge >= 0.3 is 0 Å². The number of carbonyl (C=O) groups excluding carboxylic acids is 2. The van der Waals surface area contributed by atoms with Crippen LogP contribution in [0.5, 0.6) is 0 Å². The van der Waals surface area contributed by atoms with Crippen molar-refractivity contribution in [2.75, 3.05) is 5.88 Å². The van der Waals surface area contributed by atoms with Crippen molar-refractivity contribution in [3.8, 4) is 0 Å². The van der Waals surface area contributed by atoms with Gasteiger partial charge in [-0.1, -0.05) is 30.3 Å². The van der Waals surface area contributed by atoms with E-state index in [9.17, 15) is 9.59 Å². The van der Waals surface area contributed by atoms with Crippen molar-refractivity contribution >= 4 is 23.4 Å². The van der Waals surface area contributed by atoms with Crippen LogP contribution in [0.15, 0.2) is 30.3 Å². The van der Waals surface area contributed by atoms with E-state index in [0.29, 0.717) is 0 Å². The van der Waals surface area contributed by atoms with Crippen molar-refractivity contribution in [2.24, 2.45) is 0 Å². The second kappa shape index (κ2) is 4.49. The Morgan fingerprint density at radius 1 is 1.18 bits per heavy atom. The molecule has 1 heterocycles. The number of carbonyl (C=O) groups is 2. The second-order valence-corrected chi connectivity index (χ2v) is 4.66. The average Bonchev–Trinajstić information content (AvgIpc) is 2.70. The molecule has 1 aliphatic heterocycles. The number of amides is 2. The molecule has 1 fully saturated rings. The van der Waals surface area contributed by atoms with Crippen molar-refractivity contribution in [2.45, 2.75) is 25.3 Å². The number of imide groups is 1. The summed E-state index contributed by atoms with van der Waals surface area (Å²) in [4.78, 5) is 24.9. The Kier molecular flexibility index (Phi) is 3.20. The zero-order valence-corrected chi connectivity index (χ0v) is 10.4. The van der Waals surface area contributed by atoms with Gasteiger partial charge in [0.05, 0.1) is 11.4 Å². The summed E-state index contributed by atoms with van der Waals surface area (Å²) < 4.78 is 0. The molecular formula is C13H14ClNO2. The standard InChI is InChI=1S/C13H14ClNO2/c1-13(9-14,10-5-3-2-4-6-10)15-11(16)7-8-12(15)17/h2-6H,7-9H2,1H3. The topological polar surface area (TPSA) is 37.4 Å². The largest absolute Gasteiger partial charge is 0.274 e. The molecule has 0 aliphatic carbocycles. The van der Waals surface area contributed by atoms with Crippen molar-refractivity contribution in [1.82, 2.24) is 4.90 Å². The Morgan fingerprint density at radius 3 is 2.18 bits per heavy atom. The number of rotatable bonds is 3. The van der Waals surface area contributed by atoms with Gasteiger partial charge in [0.2, 0.25) is 11.8 Å². The third-order valence-corrected chi connectivity index (χ3v) is 3.72. The quantitative estimate of drug-likeness (QED) is 0.611. The van der Waals surface area contributed by atoms with E-state index in [2.05, 4.69) is 0 Å². The van der Waals surface area contributed by atoms with Crippen molar-refractivity contribution in [3.05, 3.63) is 35.9 Å². The number of hydrogen-bond acceptors (Lipinski definition) is 2. The molecule has 1 aromatic carbocycles. The van der Waals surface area contributed by atoms with Gasteiger partial charge in [-0.2, -0.15) is 0 Å². The first-order chi connectivity index (χ1) is 8.09. The third kappa shape index (κ3) is 1.95. The van der Waals surface area contributed by atoms with Crippen LogP contribution in [0.3, 0.4) is 0 Å². The molecule has 0 saturated carbocycles. The lowest BCUT2D eigenvalue weighted by molar-refractivity contribution is -0.144. The van der Waals surface area contributed by atoms with E-state index in [0.717, 1.165) is 5.56 Å². The Morgan fingerprint density at radius 2 is 1.71 bits per heavy atom. The molecule has 3 nitrogen and oxygen atoms in total. The lowest BCUT2D eigenvalue weighted by Crippen LogP contribution is -2.48. The van der Waals surface area contributed by atoms with Crippen LogP contribution >= 0.6 is 11.6 Å². The minimum atomic E-state index is -0.743. The number of benzene rings is 1. The van der Waals surface area contributed by atoms with Gasteiger partial charge in [0.15, 0.2) is 0 Å². The summed E-state index contributed by atoms with van der Waals surface area (Å²) in [6, 6.07) is 9.44. The number of halogens is 1. The van der Waals surface area contributed by atoms with E-state index >= 15 is 0 Å². The summed E-state index contributed by atoms with van der Waals surface area (Å²) >= 11 is 6.01. The summed E-state index contributed by atoms with van der Waals surface area (Å²) in [5, 5.41) is 0. The molecule has 0 N–H and O–H groups in total. The highest BCUT2D eigenvalue weighted by molar-refractivity contribution is 6.19. The zero-order chi connectivity index (χ0) is 12.5. The maximum atomic E-state index is 11.8. The van der Waals surface area contributed by atoms with E-state index in [1.165, 1.54) is 4.90 Å². The first-order valence-corrected chi connectivity index (χ1v) is 6.10. The molecule has 1 saturated heterocycles. The van der Waals surface area contributed by atoms with Crippen molar-refractivity contribution in [3.63, 3.8) is 0 Å². The lowest BCUT2D eigenvalue weighted by atomic mass is 9.92. The monoisotopic (exact) mass is 251 g/mol. The molecule has 2 amide bonds. The molecule has 1 aromatic rings. The van der Waals surface area contributed by atoms with Gasteiger partial charge < -0.3 is 0 Å². The molecule has 0 aromatic heterocycles. The number of nitrogens with zero attached hydrogens (tertiary/aromatic N) is 1. The highest BCUT2D eigenvalue weighted by atomic mass is 35.5. The Bertz CT molecular complexity index is 430. The summed E-state index contributed by atoms with van der Waals surface area (Å²) in [6.45, 7) is 1.83. The van der Waals surface area contributed by atoms with Gasteiger partial charge in [-0.15, -0.1) is 11.6 Å². The Labute approximate surface area is 105 Å². The molecule has 4 heteroatoms. The van der Waals surface area contributed by atoms with E-state index < -0.39 is 5.54 Å².